The Morgan fingerprint density at radius 2 is 1.05 bits per heavy atom. The normalized spacial score (nSPS) is 13.8. The number of hydrogen-bond donors (Lipinski definition) is 0. The summed E-state index contributed by atoms with van der Waals surface area (Å²) in [5.74, 6) is 2.98. The lowest BCUT2D eigenvalue weighted by atomic mass is 9.74. The second kappa shape index (κ2) is 27.4. The molecule has 0 nitrogen and oxygen atoms in total. The highest BCUT2D eigenvalue weighted by Gasteiger charge is 2.23. The van der Waals surface area contributed by atoms with Gasteiger partial charge in [0.25, 0.3) is 0 Å². The molecule has 0 aromatic rings. The molecule has 1 rings (SSSR count). The van der Waals surface area contributed by atoms with E-state index in [1.807, 2.05) is 27.7 Å². The van der Waals surface area contributed by atoms with Gasteiger partial charge in [-0.15, -0.1) is 0 Å². The Hall–Kier alpha value is 0. The van der Waals surface area contributed by atoms with Gasteiger partial charge in [-0.05, 0) is 24.2 Å². The molecular weight excluding hydrogens is 240 g/mol. The summed E-state index contributed by atoms with van der Waals surface area (Å²) in [6.07, 6.45) is 8.44. The summed E-state index contributed by atoms with van der Waals surface area (Å²) in [5.41, 5.74) is 0. The van der Waals surface area contributed by atoms with Crippen molar-refractivity contribution in [3.63, 3.8) is 0 Å². The predicted molar refractivity (Wildman–Crippen MR) is 101 cm³/mol. The van der Waals surface area contributed by atoms with Crippen LogP contribution >= 0.6 is 0 Å². The quantitative estimate of drug-likeness (QED) is 0.489. The smallest absolute Gasteiger partial charge is 0.0388 e. The van der Waals surface area contributed by atoms with Gasteiger partial charge in [0.15, 0.2) is 0 Å². The first-order valence-electron chi connectivity index (χ1n) is 9.53. The molecule has 1 atom stereocenters. The van der Waals surface area contributed by atoms with Gasteiger partial charge in [-0.1, -0.05) is 108 Å². The molecule has 1 unspecified atom stereocenters. The monoisotopic (exact) mass is 288 g/mol. The lowest BCUT2D eigenvalue weighted by molar-refractivity contribution is 0.195. The first-order valence-corrected chi connectivity index (χ1v) is 9.53. The van der Waals surface area contributed by atoms with E-state index in [9.17, 15) is 0 Å². The molecule has 0 heterocycles. The van der Waals surface area contributed by atoms with Gasteiger partial charge in [-0.25, -0.2) is 0 Å². The van der Waals surface area contributed by atoms with Gasteiger partial charge < -0.3 is 0 Å². The fourth-order valence-electron chi connectivity index (χ4n) is 1.94. The Balaban J connectivity index is -0.000000108. The van der Waals surface area contributed by atoms with Crippen LogP contribution in [0.25, 0.3) is 0 Å². The summed E-state index contributed by atoms with van der Waals surface area (Å²) in [6, 6.07) is 0. The molecule has 0 heteroatoms. The maximum absolute atomic E-state index is 2.42. The van der Waals surface area contributed by atoms with Crippen LogP contribution < -0.4 is 0 Å². The predicted octanol–water partition coefficient (Wildman–Crippen LogP) is 8.35. The Morgan fingerprint density at radius 1 is 0.750 bits per heavy atom. The van der Waals surface area contributed by atoms with E-state index in [1.165, 1.54) is 38.5 Å². The minimum atomic E-state index is 0.899. The molecule has 0 saturated heterocycles. The average molecular weight is 289 g/mol. The lowest BCUT2D eigenvalue weighted by Gasteiger charge is -2.32. The third kappa shape index (κ3) is 26.5. The van der Waals surface area contributed by atoms with E-state index >= 15 is 0 Å². The summed E-state index contributed by atoms with van der Waals surface area (Å²) >= 11 is 0. The second-order valence-electron chi connectivity index (χ2n) is 5.71. The minimum Gasteiger partial charge on any atom is -0.0683 e. The minimum absolute atomic E-state index is 0.899. The molecule has 0 aliphatic heterocycles. The summed E-state index contributed by atoms with van der Waals surface area (Å²) in [7, 11) is 0. The molecule has 0 radical (unpaired) electrons. The van der Waals surface area contributed by atoms with Crippen molar-refractivity contribution in [3.05, 3.63) is 0 Å². The molecule has 128 valence electrons. The van der Waals surface area contributed by atoms with Crippen molar-refractivity contribution >= 4 is 0 Å². The van der Waals surface area contributed by atoms with E-state index in [0.29, 0.717) is 0 Å². The highest BCUT2D eigenvalue weighted by Crippen LogP contribution is 2.35. The van der Waals surface area contributed by atoms with E-state index in [1.54, 1.807) is 0 Å². The summed E-state index contributed by atoms with van der Waals surface area (Å²) in [6.45, 7) is 23.6. The zero-order valence-electron chi connectivity index (χ0n) is 17.0. The third-order valence-corrected chi connectivity index (χ3v) is 2.80. The number of hydrogen-bond acceptors (Lipinski definition) is 0. The Morgan fingerprint density at radius 3 is 1.20 bits per heavy atom. The van der Waals surface area contributed by atoms with Gasteiger partial charge in [0.1, 0.15) is 0 Å². The maximum atomic E-state index is 2.42. The first kappa shape index (κ1) is 28.2. The maximum Gasteiger partial charge on any atom is -0.0388 e. The van der Waals surface area contributed by atoms with Crippen LogP contribution in [0.2, 0.25) is 0 Å². The number of rotatable bonds is 3. The summed E-state index contributed by atoms with van der Waals surface area (Å²) in [4.78, 5) is 0. The van der Waals surface area contributed by atoms with Gasteiger partial charge in [0.05, 0.1) is 0 Å². The molecule has 1 aliphatic carbocycles. The Bertz CT molecular complexity index is 109. The van der Waals surface area contributed by atoms with Crippen LogP contribution in [0.1, 0.15) is 115 Å². The first-order chi connectivity index (χ1) is 9.53. The van der Waals surface area contributed by atoms with Crippen molar-refractivity contribution in [1.29, 1.82) is 0 Å². The molecule has 1 aliphatic rings. The Kier molecular flexibility index (Phi) is 38.6. The molecule has 0 bridgehead atoms. The fourth-order valence-corrected chi connectivity index (χ4v) is 1.94. The molecule has 0 N–H and O–H groups in total. The molecule has 0 aromatic carbocycles. The zero-order chi connectivity index (χ0) is 17.0. The van der Waals surface area contributed by atoms with Gasteiger partial charge in [0.2, 0.25) is 0 Å². The van der Waals surface area contributed by atoms with Gasteiger partial charge in [0, 0.05) is 0 Å². The van der Waals surface area contributed by atoms with Crippen molar-refractivity contribution < 1.29 is 0 Å². The van der Waals surface area contributed by atoms with Gasteiger partial charge >= 0.3 is 0 Å². The van der Waals surface area contributed by atoms with E-state index in [4.69, 9.17) is 0 Å². The Labute approximate surface area is 133 Å². The molecule has 0 spiro atoms. The molecular formula is C20H48. The summed E-state index contributed by atoms with van der Waals surface area (Å²) in [5, 5.41) is 0. The molecule has 0 aromatic heterocycles. The van der Waals surface area contributed by atoms with Crippen molar-refractivity contribution in [3.8, 4) is 0 Å². The van der Waals surface area contributed by atoms with E-state index in [2.05, 4.69) is 48.5 Å². The zero-order valence-corrected chi connectivity index (χ0v) is 17.0. The van der Waals surface area contributed by atoms with Crippen molar-refractivity contribution in [2.45, 2.75) is 115 Å². The van der Waals surface area contributed by atoms with Crippen LogP contribution in [0.5, 0.6) is 0 Å². The molecule has 1 fully saturated rings. The van der Waals surface area contributed by atoms with E-state index < -0.39 is 0 Å². The van der Waals surface area contributed by atoms with Crippen LogP contribution in [0.4, 0.5) is 0 Å². The fraction of sp³-hybridized carbons (Fsp3) is 1.00. The van der Waals surface area contributed by atoms with E-state index in [-0.39, 0.29) is 0 Å². The van der Waals surface area contributed by atoms with Gasteiger partial charge in [-0.2, -0.15) is 0 Å². The van der Waals surface area contributed by atoms with Crippen LogP contribution in [0, 0.1) is 17.8 Å². The highest BCUT2D eigenvalue weighted by atomic mass is 14.3. The topological polar surface area (TPSA) is 0 Å². The average Bonchev–Trinajstić information content (AvgIpc) is 2.33. The van der Waals surface area contributed by atoms with Crippen molar-refractivity contribution in [2.75, 3.05) is 0 Å². The molecule has 20 heavy (non-hydrogen) atoms. The van der Waals surface area contributed by atoms with Gasteiger partial charge in [-0.3, -0.25) is 0 Å². The van der Waals surface area contributed by atoms with Crippen molar-refractivity contribution in [1.82, 2.24) is 0 Å². The third-order valence-electron chi connectivity index (χ3n) is 2.80. The second-order valence-corrected chi connectivity index (χ2v) is 5.71. The lowest BCUT2D eigenvalue weighted by Crippen LogP contribution is -2.20. The SMILES string of the molecule is CC.CC.CC(C)CC(C)C1CCC1.CCC.CCC. The highest BCUT2D eigenvalue weighted by molar-refractivity contribution is 4.75. The van der Waals surface area contributed by atoms with Crippen LogP contribution in [0.3, 0.4) is 0 Å². The van der Waals surface area contributed by atoms with E-state index in [0.717, 1.165) is 17.8 Å². The van der Waals surface area contributed by atoms with Crippen LogP contribution in [-0.4, -0.2) is 0 Å². The molecule has 0 amide bonds. The van der Waals surface area contributed by atoms with Crippen molar-refractivity contribution in [2.24, 2.45) is 17.8 Å². The standard InChI is InChI=1S/C10H20.2C3H8.2C2H6/c1-8(2)7-9(3)10-5-4-6-10;2*1-3-2;2*1-2/h8-10H,4-7H2,1-3H3;2*3H2,1-2H3;2*1-2H3. The van der Waals surface area contributed by atoms with Crippen LogP contribution in [-0.2, 0) is 0 Å². The molecule has 1 saturated carbocycles. The van der Waals surface area contributed by atoms with Crippen LogP contribution in [0.15, 0.2) is 0 Å². The summed E-state index contributed by atoms with van der Waals surface area (Å²) < 4.78 is 0. The largest absolute Gasteiger partial charge is 0.0683 e.